The summed E-state index contributed by atoms with van der Waals surface area (Å²) in [5, 5.41) is 3.70. The van der Waals surface area contributed by atoms with Gasteiger partial charge in [0.05, 0.1) is 16.2 Å². The third-order valence-electron chi connectivity index (χ3n) is 4.79. The Labute approximate surface area is 175 Å². The fourth-order valence-corrected chi connectivity index (χ4v) is 4.11. The van der Waals surface area contributed by atoms with E-state index in [1.165, 1.54) is 17.3 Å². The second kappa shape index (κ2) is 8.82. The number of carbonyl (C=O) groups excluding carboxylic acids is 1. The molecule has 0 saturated carbocycles. The van der Waals surface area contributed by atoms with Gasteiger partial charge in [-0.25, -0.2) is 4.98 Å². The molecule has 1 atom stereocenters. The monoisotopic (exact) mass is 409 g/mol. The quantitative estimate of drug-likeness (QED) is 0.448. The number of fused-ring (bicyclic) bond motifs is 1. The van der Waals surface area contributed by atoms with Crippen molar-refractivity contribution in [2.75, 3.05) is 5.32 Å². The standard InChI is InChI=1S/C23H27N3O2S/c1-14(2)17-10-12-18(13-11-17)24-21(27)16(5)29-23-25-20-9-7-6-8-19(20)22(28)26(23)15(3)4/h6-16H,1-5H3,(H,24,27)/t16-/m1/s1. The average Bonchev–Trinajstić information content (AvgIpc) is 2.68. The minimum atomic E-state index is -0.405. The minimum Gasteiger partial charge on any atom is -0.325 e. The van der Waals surface area contributed by atoms with Crippen LogP contribution >= 0.6 is 11.8 Å². The summed E-state index contributed by atoms with van der Waals surface area (Å²) in [7, 11) is 0. The van der Waals surface area contributed by atoms with Crippen LogP contribution in [0.3, 0.4) is 0 Å². The molecule has 0 aliphatic rings. The van der Waals surface area contributed by atoms with Gasteiger partial charge < -0.3 is 5.32 Å². The van der Waals surface area contributed by atoms with E-state index in [0.29, 0.717) is 22.0 Å². The van der Waals surface area contributed by atoms with Crippen LogP contribution < -0.4 is 10.9 Å². The van der Waals surface area contributed by atoms with Crippen molar-refractivity contribution in [1.82, 2.24) is 9.55 Å². The third kappa shape index (κ3) is 4.70. The van der Waals surface area contributed by atoms with E-state index in [1.54, 1.807) is 10.6 Å². The van der Waals surface area contributed by atoms with Crippen LogP contribution in [-0.2, 0) is 4.79 Å². The van der Waals surface area contributed by atoms with Gasteiger partial charge in [0.25, 0.3) is 5.56 Å². The van der Waals surface area contributed by atoms with Crippen molar-refractivity contribution < 1.29 is 4.79 Å². The lowest BCUT2D eigenvalue weighted by Gasteiger charge is -2.18. The second-order valence-electron chi connectivity index (χ2n) is 7.71. The van der Waals surface area contributed by atoms with Crippen molar-refractivity contribution in [3.05, 3.63) is 64.4 Å². The first kappa shape index (κ1) is 21.1. The van der Waals surface area contributed by atoms with Crippen LogP contribution in [0.4, 0.5) is 5.69 Å². The first-order valence-corrected chi connectivity index (χ1v) is 10.7. The zero-order valence-corrected chi connectivity index (χ0v) is 18.3. The van der Waals surface area contributed by atoms with Crippen molar-refractivity contribution in [2.24, 2.45) is 0 Å². The van der Waals surface area contributed by atoms with Crippen LogP contribution in [0.5, 0.6) is 0 Å². The van der Waals surface area contributed by atoms with Crippen LogP contribution in [0, 0.1) is 0 Å². The molecular formula is C23H27N3O2S. The van der Waals surface area contributed by atoms with Gasteiger partial charge in [-0.15, -0.1) is 0 Å². The Bertz CT molecular complexity index is 1070. The third-order valence-corrected chi connectivity index (χ3v) is 5.85. The number of para-hydroxylation sites is 1. The number of benzene rings is 2. The van der Waals surface area contributed by atoms with E-state index in [9.17, 15) is 9.59 Å². The maximum atomic E-state index is 12.9. The molecule has 5 nitrogen and oxygen atoms in total. The predicted octanol–water partition coefficient (Wildman–Crippen LogP) is 5.22. The molecule has 0 radical (unpaired) electrons. The van der Waals surface area contributed by atoms with Crippen LogP contribution in [-0.4, -0.2) is 20.7 Å². The largest absolute Gasteiger partial charge is 0.325 e. The number of carbonyl (C=O) groups is 1. The van der Waals surface area contributed by atoms with Gasteiger partial charge in [0.2, 0.25) is 5.91 Å². The van der Waals surface area contributed by atoms with Gasteiger partial charge in [-0.1, -0.05) is 49.9 Å². The zero-order valence-electron chi connectivity index (χ0n) is 17.5. The summed E-state index contributed by atoms with van der Waals surface area (Å²) in [4.78, 5) is 30.3. The van der Waals surface area contributed by atoms with Crippen LogP contribution in [0.1, 0.15) is 52.1 Å². The van der Waals surface area contributed by atoms with Gasteiger partial charge in [0.15, 0.2) is 5.16 Å². The van der Waals surface area contributed by atoms with E-state index in [1.807, 2.05) is 63.2 Å². The summed E-state index contributed by atoms with van der Waals surface area (Å²) in [6, 6.07) is 15.1. The summed E-state index contributed by atoms with van der Waals surface area (Å²) in [5.74, 6) is 0.325. The highest BCUT2D eigenvalue weighted by Crippen LogP contribution is 2.26. The number of rotatable bonds is 6. The maximum absolute atomic E-state index is 12.9. The first-order chi connectivity index (χ1) is 13.8. The summed E-state index contributed by atoms with van der Waals surface area (Å²) < 4.78 is 1.66. The summed E-state index contributed by atoms with van der Waals surface area (Å²) in [5.41, 5.74) is 2.56. The normalized spacial score (nSPS) is 12.5. The average molecular weight is 410 g/mol. The molecule has 1 heterocycles. The second-order valence-corrected chi connectivity index (χ2v) is 9.01. The lowest BCUT2D eigenvalue weighted by Crippen LogP contribution is -2.28. The molecule has 0 bridgehead atoms. The molecule has 152 valence electrons. The maximum Gasteiger partial charge on any atom is 0.262 e. The smallest absolute Gasteiger partial charge is 0.262 e. The topological polar surface area (TPSA) is 64.0 Å². The molecule has 1 amide bonds. The highest BCUT2D eigenvalue weighted by atomic mass is 32.2. The molecule has 0 spiro atoms. The van der Waals surface area contributed by atoms with Crippen LogP contribution in [0.15, 0.2) is 58.5 Å². The molecule has 0 saturated heterocycles. The lowest BCUT2D eigenvalue weighted by atomic mass is 10.0. The van der Waals surface area contributed by atoms with E-state index in [2.05, 4.69) is 24.1 Å². The van der Waals surface area contributed by atoms with Crippen molar-refractivity contribution in [3.63, 3.8) is 0 Å². The molecule has 0 aliphatic carbocycles. The molecule has 2 aromatic carbocycles. The van der Waals surface area contributed by atoms with Crippen molar-refractivity contribution in [3.8, 4) is 0 Å². The lowest BCUT2D eigenvalue weighted by molar-refractivity contribution is -0.115. The number of anilines is 1. The Hall–Kier alpha value is -2.60. The van der Waals surface area contributed by atoms with Crippen LogP contribution in [0.2, 0.25) is 0 Å². The molecule has 3 rings (SSSR count). The van der Waals surface area contributed by atoms with Gasteiger partial charge >= 0.3 is 0 Å². The molecule has 0 aliphatic heterocycles. The van der Waals surface area contributed by atoms with Crippen molar-refractivity contribution in [2.45, 2.75) is 57.0 Å². The molecule has 29 heavy (non-hydrogen) atoms. The minimum absolute atomic E-state index is 0.0547. The number of aromatic nitrogens is 2. The Balaban J connectivity index is 1.83. The van der Waals surface area contributed by atoms with Crippen LogP contribution in [0.25, 0.3) is 10.9 Å². The fraction of sp³-hybridized carbons (Fsp3) is 0.348. The molecule has 1 N–H and O–H groups in total. The Morgan fingerprint density at radius 1 is 1.00 bits per heavy atom. The number of nitrogens with one attached hydrogen (secondary N) is 1. The number of thioether (sulfide) groups is 1. The van der Waals surface area contributed by atoms with Crippen molar-refractivity contribution >= 4 is 34.3 Å². The van der Waals surface area contributed by atoms with Gasteiger partial charge in [-0.05, 0) is 56.5 Å². The zero-order chi connectivity index (χ0) is 21.1. The Morgan fingerprint density at radius 2 is 1.66 bits per heavy atom. The number of hydrogen-bond acceptors (Lipinski definition) is 4. The summed E-state index contributed by atoms with van der Waals surface area (Å²) in [6.45, 7) is 9.99. The molecule has 3 aromatic rings. The van der Waals surface area contributed by atoms with Crippen molar-refractivity contribution in [1.29, 1.82) is 0 Å². The summed E-state index contributed by atoms with van der Waals surface area (Å²) in [6.07, 6.45) is 0. The van der Waals surface area contributed by atoms with Gasteiger partial charge in [0, 0.05) is 11.7 Å². The number of nitrogens with zero attached hydrogens (tertiary/aromatic N) is 2. The first-order valence-electron chi connectivity index (χ1n) is 9.86. The van der Waals surface area contributed by atoms with Gasteiger partial charge in [0.1, 0.15) is 0 Å². The van der Waals surface area contributed by atoms with Gasteiger partial charge in [-0.3, -0.25) is 14.2 Å². The predicted molar refractivity (Wildman–Crippen MR) is 121 cm³/mol. The fourth-order valence-electron chi connectivity index (χ4n) is 3.07. The van der Waals surface area contributed by atoms with E-state index in [4.69, 9.17) is 0 Å². The highest BCUT2D eigenvalue weighted by Gasteiger charge is 2.20. The molecule has 1 aromatic heterocycles. The molecule has 6 heteroatoms. The summed E-state index contributed by atoms with van der Waals surface area (Å²) >= 11 is 1.30. The van der Waals surface area contributed by atoms with Gasteiger partial charge in [-0.2, -0.15) is 0 Å². The van der Waals surface area contributed by atoms with E-state index >= 15 is 0 Å². The Kier molecular flexibility index (Phi) is 6.42. The molecule has 0 fully saturated rings. The molecule has 0 unspecified atom stereocenters. The number of hydrogen-bond donors (Lipinski definition) is 1. The van der Waals surface area contributed by atoms with E-state index < -0.39 is 5.25 Å². The highest BCUT2D eigenvalue weighted by molar-refractivity contribution is 8.00. The number of amides is 1. The van der Waals surface area contributed by atoms with E-state index in [-0.39, 0.29) is 17.5 Å². The molecular weight excluding hydrogens is 382 g/mol. The van der Waals surface area contributed by atoms with E-state index in [0.717, 1.165) is 5.69 Å². The SMILES string of the molecule is CC(C)c1ccc(NC(=O)[C@@H](C)Sc2nc3ccccc3c(=O)n2C(C)C)cc1. The Morgan fingerprint density at radius 3 is 2.28 bits per heavy atom.